The number of ether oxygens (including phenoxy) is 1. The number of hydrogen-bond donors (Lipinski definition) is 1. The first-order valence-electron chi connectivity index (χ1n) is 8.41. The van der Waals surface area contributed by atoms with Crippen LogP contribution >= 0.6 is 0 Å². The highest BCUT2D eigenvalue weighted by Crippen LogP contribution is 2.25. The zero-order valence-electron chi connectivity index (χ0n) is 13.3. The number of piperazine rings is 1. The highest BCUT2D eigenvalue weighted by molar-refractivity contribution is 4.74. The number of likely N-dealkylation sites (N-methyl/N-ethyl adjacent to an activating group) is 1. The lowest BCUT2D eigenvalue weighted by Crippen LogP contribution is -2.49. The molecule has 2 aliphatic rings. The summed E-state index contributed by atoms with van der Waals surface area (Å²) < 4.78 is 5.89. The van der Waals surface area contributed by atoms with Crippen LogP contribution < -0.4 is 0 Å². The summed E-state index contributed by atoms with van der Waals surface area (Å²) in [5.74, 6) is 0.856. The summed E-state index contributed by atoms with van der Waals surface area (Å²) in [6.07, 6.45) is 4.95. The highest BCUT2D eigenvalue weighted by atomic mass is 16.5. The maximum Gasteiger partial charge on any atom is 0.0900 e. The van der Waals surface area contributed by atoms with E-state index in [-0.39, 0.29) is 6.10 Å². The van der Waals surface area contributed by atoms with E-state index in [1.807, 2.05) is 0 Å². The molecule has 20 heavy (non-hydrogen) atoms. The lowest BCUT2D eigenvalue weighted by Gasteiger charge is -2.35. The van der Waals surface area contributed by atoms with Crippen LogP contribution in [0.25, 0.3) is 0 Å². The second kappa shape index (κ2) is 8.32. The fourth-order valence-electron chi connectivity index (χ4n) is 3.28. The van der Waals surface area contributed by atoms with Gasteiger partial charge in [0.2, 0.25) is 0 Å². The molecule has 118 valence electrons. The Balaban J connectivity index is 1.57. The third-order valence-electron chi connectivity index (χ3n) is 4.87. The number of rotatable bonds is 6. The van der Waals surface area contributed by atoms with Crippen LogP contribution in [-0.2, 0) is 4.74 Å². The summed E-state index contributed by atoms with van der Waals surface area (Å²) >= 11 is 0. The van der Waals surface area contributed by atoms with Crippen LogP contribution in [0.1, 0.15) is 39.5 Å². The first-order valence-corrected chi connectivity index (χ1v) is 8.41. The maximum absolute atomic E-state index is 10.1. The van der Waals surface area contributed by atoms with E-state index in [0.717, 1.165) is 45.2 Å². The van der Waals surface area contributed by atoms with Crippen molar-refractivity contribution in [2.45, 2.75) is 51.7 Å². The van der Waals surface area contributed by atoms with Gasteiger partial charge >= 0.3 is 0 Å². The smallest absolute Gasteiger partial charge is 0.0900 e. The number of aliphatic hydroxyl groups is 1. The van der Waals surface area contributed by atoms with Crippen molar-refractivity contribution < 1.29 is 9.84 Å². The van der Waals surface area contributed by atoms with E-state index in [1.165, 1.54) is 25.7 Å². The third kappa shape index (κ3) is 5.32. The molecule has 0 unspecified atom stereocenters. The van der Waals surface area contributed by atoms with E-state index in [2.05, 4.69) is 23.6 Å². The van der Waals surface area contributed by atoms with Crippen molar-refractivity contribution >= 4 is 0 Å². The average Bonchev–Trinajstić information content (AvgIpc) is 2.47. The molecule has 4 nitrogen and oxygen atoms in total. The Hall–Kier alpha value is -0.160. The van der Waals surface area contributed by atoms with E-state index in [4.69, 9.17) is 4.74 Å². The molecule has 2 rings (SSSR count). The van der Waals surface area contributed by atoms with Crippen molar-refractivity contribution in [3.8, 4) is 0 Å². The minimum absolute atomic E-state index is 0.331. The summed E-state index contributed by atoms with van der Waals surface area (Å²) in [7, 11) is 0. The molecule has 2 fully saturated rings. The van der Waals surface area contributed by atoms with E-state index in [1.54, 1.807) is 0 Å². The molecule has 1 saturated heterocycles. The second-order valence-electron chi connectivity index (χ2n) is 6.60. The highest BCUT2D eigenvalue weighted by Gasteiger charge is 2.21. The van der Waals surface area contributed by atoms with Gasteiger partial charge in [-0.25, -0.2) is 0 Å². The lowest BCUT2D eigenvalue weighted by atomic mass is 9.89. The number of hydrogen-bond acceptors (Lipinski definition) is 4. The first-order chi connectivity index (χ1) is 9.67. The number of β-amino-alcohol motifs (C(OH)–C–C–N with tert-alkyl or cyclic N) is 1. The molecule has 0 aromatic rings. The van der Waals surface area contributed by atoms with Gasteiger partial charge in [0.05, 0.1) is 18.8 Å². The molecule has 1 saturated carbocycles. The molecule has 0 spiro atoms. The third-order valence-corrected chi connectivity index (χ3v) is 4.87. The second-order valence-corrected chi connectivity index (χ2v) is 6.60. The standard InChI is InChI=1S/C16H32N2O2/c1-3-17-8-10-18(11-9-17)12-15(19)13-20-16-6-4-14(2)5-7-16/h14-16,19H,3-13H2,1-2H3/t14?,15-,16?/m0/s1. The molecule has 1 aliphatic heterocycles. The summed E-state index contributed by atoms with van der Waals surface area (Å²) in [6.45, 7) is 11.4. The SMILES string of the molecule is CCN1CCN(C[C@H](O)COC2CCC(C)CC2)CC1. The normalized spacial score (nSPS) is 31.4. The molecule has 0 aromatic carbocycles. The molecular formula is C16H32N2O2. The van der Waals surface area contributed by atoms with E-state index in [0.29, 0.717) is 12.7 Å². The van der Waals surface area contributed by atoms with Crippen molar-refractivity contribution in [2.75, 3.05) is 45.9 Å². The van der Waals surface area contributed by atoms with Crippen LogP contribution in [0.15, 0.2) is 0 Å². The first kappa shape index (κ1) is 16.2. The average molecular weight is 284 g/mol. The van der Waals surface area contributed by atoms with Gasteiger partial charge in [-0.1, -0.05) is 13.8 Å². The van der Waals surface area contributed by atoms with Gasteiger partial charge in [0, 0.05) is 32.7 Å². The van der Waals surface area contributed by atoms with Crippen LogP contribution in [0.4, 0.5) is 0 Å². The van der Waals surface area contributed by atoms with Crippen LogP contribution in [0.3, 0.4) is 0 Å². The van der Waals surface area contributed by atoms with Crippen molar-refractivity contribution in [1.29, 1.82) is 0 Å². The topological polar surface area (TPSA) is 35.9 Å². The van der Waals surface area contributed by atoms with Gasteiger partial charge in [-0.15, -0.1) is 0 Å². The Bertz CT molecular complexity index is 259. The minimum atomic E-state index is -0.331. The Kier molecular flexibility index (Phi) is 6.75. The Morgan fingerprint density at radius 3 is 2.25 bits per heavy atom. The minimum Gasteiger partial charge on any atom is -0.389 e. The van der Waals surface area contributed by atoms with Crippen molar-refractivity contribution in [2.24, 2.45) is 5.92 Å². The number of nitrogens with zero attached hydrogens (tertiary/aromatic N) is 2. The molecule has 0 amide bonds. The van der Waals surface area contributed by atoms with Crippen molar-refractivity contribution in [3.63, 3.8) is 0 Å². The van der Waals surface area contributed by atoms with Crippen LogP contribution in [0.2, 0.25) is 0 Å². The predicted molar refractivity (Wildman–Crippen MR) is 81.9 cm³/mol. The zero-order chi connectivity index (χ0) is 14.4. The van der Waals surface area contributed by atoms with Crippen molar-refractivity contribution in [1.82, 2.24) is 9.80 Å². The summed E-state index contributed by atoms with van der Waals surface area (Å²) in [6, 6.07) is 0. The zero-order valence-corrected chi connectivity index (χ0v) is 13.3. The quantitative estimate of drug-likeness (QED) is 0.803. The predicted octanol–water partition coefficient (Wildman–Crippen LogP) is 1.58. The van der Waals surface area contributed by atoms with Gasteiger partial charge in [0.25, 0.3) is 0 Å². The lowest BCUT2D eigenvalue weighted by molar-refractivity contribution is -0.0406. The van der Waals surface area contributed by atoms with Gasteiger partial charge in [-0.2, -0.15) is 0 Å². The van der Waals surface area contributed by atoms with E-state index in [9.17, 15) is 5.11 Å². The molecule has 0 radical (unpaired) electrons. The largest absolute Gasteiger partial charge is 0.389 e. The summed E-state index contributed by atoms with van der Waals surface area (Å²) in [5, 5.41) is 10.1. The Labute approximate surface area is 124 Å². The Morgan fingerprint density at radius 1 is 1.05 bits per heavy atom. The van der Waals surface area contributed by atoms with E-state index >= 15 is 0 Å². The van der Waals surface area contributed by atoms with Crippen molar-refractivity contribution in [3.05, 3.63) is 0 Å². The molecular weight excluding hydrogens is 252 g/mol. The van der Waals surface area contributed by atoms with Gasteiger partial charge in [-0.05, 0) is 38.1 Å². The van der Waals surface area contributed by atoms with Gasteiger partial charge < -0.3 is 14.7 Å². The molecule has 1 N–H and O–H groups in total. The molecule has 4 heteroatoms. The molecule has 1 heterocycles. The molecule has 0 aromatic heterocycles. The van der Waals surface area contributed by atoms with Gasteiger partial charge in [0.1, 0.15) is 0 Å². The Morgan fingerprint density at radius 2 is 1.65 bits per heavy atom. The summed E-state index contributed by atoms with van der Waals surface area (Å²) in [5.41, 5.74) is 0. The maximum atomic E-state index is 10.1. The fraction of sp³-hybridized carbons (Fsp3) is 1.00. The van der Waals surface area contributed by atoms with Crippen LogP contribution in [0, 0.1) is 5.92 Å². The molecule has 1 atom stereocenters. The van der Waals surface area contributed by atoms with Crippen LogP contribution in [-0.4, -0.2) is 73.0 Å². The molecule has 1 aliphatic carbocycles. The van der Waals surface area contributed by atoms with E-state index < -0.39 is 0 Å². The van der Waals surface area contributed by atoms with Gasteiger partial charge in [0.15, 0.2) is 0 Å². The summed E-state index contributed by atoms with van der Waals surface area (Å²) in [4.78, 5) is 4.83. The fourth-order valence-corrected chi connectivity index (χ4v) is 3.28. The monoisotopic (exact) mass is 284 g/mol. The molecule has 0 bridgehead atoms. The van der Waals surface area contributed by atoms with Gasteiger partial charge in [-0.3, -0.25) is 4.90 Å². The van der Waals surface area contributed by atoms with Crippen LogP contribution in [0.5, 0.6) is 0 Å². The number of aliphatic hydroxyl groups excluding tert-OH is 1.